The van der Waals surface area contributed by atoms with Gasteiger partial charge in [0.2, 0.25) is 0 Å². The van der Waals surface area contributed by atoms with E-state index in [1.807, 2.05) is 0 Å². The number of hydrogen-bond donors (Lipinski definition) is 1. The molecule has 2 rings (SSSR count). The van der Waals surface area contributed by atoms with Gasteiger partial charge >= 0.3 is 5.97 Å². The van der Waals surface area contributed by atoms with Crippen LogP contribution in [0.4, 0.5) is 0 Å². The van der Waals surface area contributed by atoms with Crippen LogP contribution in [-0.4, -0.2) is 26.0 Å². The van der Waals surface area contributed by atoms with Crippen LogP contribution in [0.2, 0.25) is 0 Å². The van der Waals surface area contributed by atoms with Gasteiger partial charge in [0.25, 0.3) is 0 Å². The monoisotopic (exact) mass is 253 g/mol. The van der Waals surface area contributed by atoms with Gasteiger partial charge in [-0.25, -0.2) is 15.0 Å². The molecule has 0 fully saturated rings. The van der Waals surface area contributed by atoms with Crippen LogP contribution in [0.5, 0.6) is 0 Å². The van der Waals surface area contributed by atoms with Crippen molar-refractivity contribution < 1.29 is 9.90 Å². The number of thiazole rings is 1. The third-order valence-corrected chi connectivity index (χ3v) is 3.46. The zero-order valence-electron chi connectivity index (χ0n) is 8.03. The second kappa shape index (κ2) is 5.04. The molecule has 0 amide bonds. The summed E-state index contributed by atoms with van der Waals surface area (Å²) >= 11 is 2.72. The number of carboxylic acids is 1. The maximum atomic E-state index is 10.5. The van der Waals surface area contributed by atoms with E-state index >= 15 is 0 Å². The lowest BCUT2D eigenvalue weighted by Gasteiger charge is -1.93. The molecule has 2 heterocycles. The maximum Gasteiger partial charge on any atom is 0.309 e. The first-order valence-corrected chi connectivity index (χ1v) is 6.05. The number of carbonyl (C=O) groups is 1. The van der Waals surface area contributed by atoms with Gasteiger partial charge in [0.05, 0.1) is 12.1 Å². The molecule has 0 aliphatic carbocycles. The van der Waals surface area contributed by atoms with Gasteiger partial charge in [-0.15, -0.1) is 11.3 Å². The summed E-state index contributed by atoms with van der Waals surface area (Å²) in [6, 6.07) is 1.74. The average Bonchev–Trinajstić information content (AvgIpc) is 2.66. The van der Waals surface area contributed by atoms with Crippen molar-refractivity contribution in [3.05, 3.63) is 29.5 Å². The minimum atomic E-state index is -0.877. The molecular weight excluding hydrogens is 246 g/mol. The highest BCUT2D eigenvalue weighted by Gasteiger charge is 2.08. The maximum absolute atomic E-state index is 10.5. The van der Waals surface area contributed by atoms with Crippen molar-refractivity contribution in [1.82, 2.24) is 15.0 Å². The molecule has 82 valence electrons. The van der Waals surface area contributed by atoms with E-state index in [2.05, 4.69) is 15.0 Å². The summed E-state index contributed by atoms with van der Waals surface area (Å²) in [5, 5.41) is 10.9. The Kier molecular flexibility index (Phi) is 3.47. The topological polar surface area (TPSA) is 76.0 Å². The number of hydrogen-bond acceptors (Lipinski definition) is 6. The molecule has 1 N–H and O–H groups in total. The molecule has 16 heavy (non-hydrogen) atoms. The van der Waals surface area contributed by atoms with Crippen molar-refractivity contribution in [2.75, 3.05) is 0 Å². The average molecular weight is 253 g/mol. The molecule has 0 atom stereocenters. The molecule has 0 radical (unpaired) electrons. The van der Waals surface area contributed by atoms with Crippen LogP contribution >= 0.6 is 23.1 Å². The van der Waals surface area contributed by atoms with Gasteiger partial charge in [-0.2, -0.15) is 0 Å². The standard InChI is InChI=1S/C9H7N3O2S2/c13-7(14)4-6-5-15-9(12-6)16-8-10-2-1-3-11-8/h1-3,5H,4H2,(H,13,14). The Balaban J connectivity index is 2.06. The molecule has 2 aromatic rings. The highest BCUT2D eigenvalue weighted by atomic mass is 32.2. The Labute approximate surface area is 99.6 Å². The number of rotatable bonds is 4. The van der Waals surface area contributed by atoms with Crippen molar-refractivity contribution in [1.29, 1.82) is 0 Å². The molecule has 0 bridgehead atoms. The predicted octanol–water partition coefficient (Wildman–Crippen LogP) is 1.71. The summed E-state index contributed by atoms with van der Waals surface area (Å²) in [6.45, 7) is 0. The summed E-state index contributed by atoms with van der Waals surface area (Å²) in [6.07, 6.45) is 3.26. The van der Waals surface area contributed by atoms with Crippen molar-refractivity contribution in [3.8, 4) is 0 Å². The number of aliphatic carboxylic acids is 1. The zero-order chi connectivity index (χ0) is 11.4. The lowest BCUT2D eigenvalue weighted by Crippen LogP contribution is -1.99. The first-order chi connectivity index (χ1) is 7.74. The van der Waals surface area contributed by atoms with Gasteiger partial charge in [0, 0.05) is 17.8 Å². The van der Waals surface area contributed by atoms with Crippen molar-refractivity contribution in [2.24, 2.45) is 0 Å². The Morgan fingerprint density at radius 1 is 1.44 bits per heavy atom. The van der Waals surface area contributed by atoms with E-state index in [9.17, 15) is 4.79 Å². The number of nitrogens with zero attached hydrogens (tertiary/aromatic N) is 3. The van der Waals surface area contributed by atoms with Gasteiger partial charge in [-0.1, -0.05) is 0 Å². The number of carboxylic acid groups (broad SMARTS) is 1. The van der Waals surface area contributed by atoms with E-state index in [0.29, 0.717) is 10.9 Å². The summed E-state index contributed by atoms with van der Waals surface area (Å²) < 4.78 is 0.752. The van der Waals surface area contributed by atoms with Gasteiger partial charge in [0.1, 0.15) is 0 Å². The Hall–Kier alpha value is -1.47. The Morgan fingerprint density at radius 2 is 2.19 bits per heavy atom. The molecule has 0 aliphatic rings. The predicted molar refractivity (Wildman–Crippen MR) is 59.6 cm³/mol. The van der Waals surface area contributed by atoms with Crippen LogP contribution < -0.4 is 0 Å². The van der Waals surface area contributed by atoms with E-state index in [-0.39, 0.29) is 6.42 Å². The first kappa shape index (κ1) is 11.0. The molecule has 0 aliphatic heterocycles. The van der Waals surface area contributed by atoms with E-state index in [1.165, 1.54) is 23.1 Å². The van der Waals surface area contributed by atoms with E-state index in [4.69, 9.17) is 5.11 Å². The SMILES string of the molecule is O=C(O)Cc1csc(Sc2ncccn2)n1. The highest BCUT2D eigenvalue weighted by molar-refractivity contribution is 8.00. The number of aromatic nitrogens is 3. The van der Waals surface area contributed by atoms with Crippen molar-refractivity contribution in [2.45, 2.75) is 15.9 Å². The Morgan fingerprint density at radius 3 is 2.88 bits per heavy atom. The van der Waals surface area contributed by atoms with Crippen molar-refractivity contribution in [3.63, 3.8) is 0 Å². The van der Waals surface area contributed by atoms with Gasteiger partial charge in [-0.05, 0) is 17.8 Å². The lowest BCUT2D eigenvalue weighted by atomic mass is 10.3. The van der Waals surface area contributed by atoms with Crippen LogP contribution in [0.25, 0.3) is 0 Å². The summed E-state index contributed by atoms with van der Waals surface area (Å²) in [5.41, 5.74) is 0.566. The summed E-state index contributed by atoms with van der Waals surface area (Å²) in [7, 11) is 0. The fourth-order valence-electron chi connectivity index (χ4n) is 0.988. The molecule has 0 saturated heterocycles. The quantitative estimate of drug-likeness (QED) is 0.836. The second-order valence-corrected chi connectivity index (χ2v) is 4.88. The molecule has 0 aromatic carbocycles. The summed E-state index contributed by atoms with van der Waals surface area (Å²) in [4.78, 5) is 22.7. The second-order valence-electron chi connectivity index (χ2n) is 2.81. The van der Waals surface area contributed by atoms with E-state index < -0.39 is 5.97 Å². The first-order valence-electron chi connectivity index (χ1n) is 4.35. The third kappa shape index (κ3) is 3.01. The molecular formula is C9H7N3O2S2. The largest absolute Gasteiger partial charge is 0.481 e. The van der Waals surface area contributed by atoms with Gasteiger partial charge < -0.3 is 5.11 Å². The fraction of sp³-hybridized carbons (Fsp3) is 0.111. The highest BCUT2D eigenvalue weighted by Crippen LogP contribution is 2.27. The van der Waals surface area contributed by atoms with Gasteiger partial charge in [0.15, 0.2) is 9.50 Å². The van der Waals surface area contributed by atoms with Crippen LogP contribution in [-0.2, 0) is 11.2 Å². The van der Waals surface area contributed by atoms with Crippen LogP contribution in [0.1, 0.15) is 5.69 Å². The molecule has 7 heteroatoms. The van der Waals surface area contributed by atoms with Crippen molar-refractivity contribution >= 4 is 29.1 Å². The molecule has 5 nitrogen and oxygen atoms in total. The molecule has 0 spiro atoms. The summed E-state index contributed by atoms with van der Waals surface area (Å²) in [5.74, 6) is -0.877. The molecule has 2 aromatic heterocycles. The minimum Gasteiger partial charge on any atom is -0.481 e. The lowest BCUT2D eigenvalue weighted by molar-refractivity contribution is -0.136. The normalized spacial score (nSPS) is 10.2. The fourth-order valence-corrected chi connectivity index (χ4v) is 2.64. The van der Waals surface area contributed by atoms with Crippen LogP contribution in [0.3, 0.4) is 0 Å². The smallest absolute Gasteiger partial charge is 0.309 e. The van der Waals surface area contributed by atoms with Crippen LogP contribution in [0.15, 0.2) is 33.3 Å². The third-order valence-electron chi connectivity index (χ3n) is 1.58. The minimum absolute atomic E-state index is 0.0489. The van der Waals surface area contributed by atoms with Crippen LogP contribution in [0, 0.1) is 0 Å². The molecule has 0 saturated carbocycles. The Bertz CT molecular complexity index is 487. The van der Waals surface area contributed by atoms with E-state index in [1.54, 1.807) is 23.8 Å². The zero-order valence-corrected chi connectivity index (χ0v) is 9.66. The molecule has 0 unspecified atom stereocenters. The van der Waals surface area contributed by atoms with Gasteiger partial charge in [-0.3, -0.25) is 4.79 Å². The van der Waals surface area contributed by atoms with E-state index in [0.717, 1.165) is 4.34 Å².